The summed E-state index contributed by atoms with van der Waals surface area (Å²) in [4.78, 5) is 0. The van der Waals surface area contributed by atoms with E-state index < -0.39 is 24.2 Å². The summed E-state index contributed by atoms with van der Waals surface area (Å²) in [5.41, 5.74) is 8.13. The molecule has 0 aromatic heterocycles. The van der Waals surface area contributed by atoms with E-state index in [9.17, 15) is 0 Å². The van der Waals surface area contributed by atoms with Gasteiger partial charge in [0, 0.05) is 24.2 Å². The normalized spacial score (nSPS) is 13.1. The smallest absolute Gasteiger partial charge is 0.0487 e. The van der Waals surface area contributed by atoms with E-state index in [2.05, 4.69) is 117 Å². The summed E-state index contributed by atoms with van der Waals surface area (Å²) in [6.45, 7) is 32.3. The van der Waals surface area contributed by atoms with Gasteiger partial charge < -0.3 is 9.52 Å². The van der Waals surface area contributed by atoms with Gasteiger partial charge in [-0.2, -0.15) is 0 Å². The second kappa shape index (κ2) is 11.1. The molecule has 0 heterocycles. The third-order valence-corrected chi connectivity index (χ3v) is 12.2. The molecule has 0 unspecified atom stereocenters. The molecule has 2 aromatic rings. The molecule has 0 N–H and O–H groups in total. The van der Waals surface area contributed by atoms with Crippen molar-refractivity contribution < 1.29 is 0 Å². The Labute approximate surface area is 218 Å². The highest BCUT2D eigenvalue weighted by atomic mass is 28.3. The molecule has 0 spiro atoms. The highest BCUT2D eigenvalue weighted by Crippen LogP contribution is 2.23. The molecule has 0 atom stereocenters. The number of rotatable bonds is 10. The highest BCUT2D eigenvalue weighted by Gasteiger charge is 2.22. The second-order valence-electron chi connectivity index (χ2n) is 14.7. The molecule has 2 rings (SSSR count). The van der Waals surface area contributed by atoms with Gasteiger partial charge in [-0.15, -0.1) is 0 Å². The van der Waals surface area contributed by atoms with Crippen LogP contribution in [0.5, 0.6) is 0 Å². The van der Waals surface area contributed by atoms with Crippen LogP contribution in [-0.2, 0) is 18.1 Å². The van der Waals surface area contributed by atoms with Crippen molar-refractivity contribution >= 4 is 44.1 Å². The van der Waals surface area contributed by atoms with Crippen molar-refractivity contribution in [2.24, 2.45) is 0 Å². The summed E-state index contributed by atoms with van der Waals surface area (Å²) >= 11 is 0. The zero-order valence-electron chi connectivity index (χ0n) is 24.7. The van der Waals surface area contributed by atoms with Crippen molar-refractivity contribution in [1.29, 1.82) is 0 Å². The van der Waals surface area contributed by atoms with Gasteiger partial charge in [0.05, 0.1) is 0 Å². The minimum atomic E-state index is -1.25. The van der Waals surface area contributed by atoms with Crippen molar-refractivity contribution in [2.75, 3.05) is 0 Å². The van der Waals surface area contributed by atoms with Crippen LogP contribution in [0.1, 0.15) is 67.3 Å². The quantitative estimate of drug-likeness (QED) is 0.278. The topological polar surface area (TPSA) is 0 Å². The van der Waals surface area contributed by atoms with Gasteiger partial charge >= 0.3 is 0 Å². The molecule has 0 amide bonds. The van der Waals surface area contributed by atoms with Crippen LogP contribution in [0.2, 0.25) is 58.9 Å². The van der Waals surface area contributed by atoms with Crippen molar-refractivity contribution in [3.63, 3.8) is 0 Å². The summed E-state index contributed by atoms with van der Waals surface area (Å²) in [6, 6.07) is 16.3. The molecule has 0 bridgehead atoms. The summed E-state index contributed by atoms with van der Waals surface area (Å²) in [5.74, 6) is 1.13. The molecule has 0 aliphatic carbocycles. The number of hydrogen-bond acceptors (Lipinski definition) is 0. The lowest BCUT2D eigenvalue weighted by atomic mass is 9.95. The molecule has 0 nitrogen and oxygen atoms in total. The number of benzene rings is 2. The first-order chi connectivity index (χ1) is 15.4. The van der Waals surface area contributed by atoms with Gasteiger partial charge in [-0.05, 0) is 30.0 Å². The molecule has 2 aromatic carbocycles. The first-order valence-corrected chi connectivity index (χ1v) is 25.5. The van der Waals surface area contributed by atoms with Crippen molar-refractivity contribution in [3.05, 3.63) is 58.1 Å². The second-order valence-corrected chi connectivity index (χ2v) is 32.4. The maximum atomic E-state index is 2.65. The van der Waals surface area contributed by atoms with Crippen molar-refractivity contribution in [1.82, 2.24) is 0 Å². The molecular weight excluding hydrogens is 473 g/mol. The van der Waals surface area contributed by atoms with E-state index in [1.165, 1.54) is 18.1 Å². The van der Waals surface area contributed by atoms with Gasteiger partial charge in [0.15, 0.2) is 0 Å². The summed E-state index contributed by atoms with van der Waals surface area (Å²) < 4.78 is 0. The van der Waals surface area contributed by atoms with E-state index in [-0.39, 0.29) is 0 Å². The molecular formula is C30H52Si4-. The molecule has 0 saturated carbocycles. The van der Waals surface area contributed by atoms with Gasteiger partial charge in [0.2, 0.25) is 0 Å². The van der Waals surface area contributed by atoms with Crippen LogP contribution >= 0.6 is 0 Å². The molecule has 0 saturated heterocycles. The lowest BCUT2D eigenvalue weighted by Gasteiger charge is -2.36. The lowest BCUT2D eigenvalue weighted by molar-refractivity contribution is 0.845. The Balaban J connectivity index is 2.82. The van der Waals surface area contributed by atoms with Crippen LogP contribution in [-0.4, -0.2) is 33.7 Å². The van der Waals surface area contributed by atoms with Crippen molar-refractivity contribution in [2.45, 2.75) is 117 Å². The zero-order valence-corrected chi connectivity index (χ0v) is 28.7. The summed E-state index contributed by atoms with van der Waals surface area (Å²) in [6.07, 6.45) is 0. The molecule has 0 aliphatic rings. The predicted octanol–water partition coefficient (Wildman–Crippen LogP) is 7.85. The fraction of sp³-hybridized carbons (Fsp3) is 0.600. The molecule has 4 heteroatoms. The van der Waals surface area contributed by atoms with E-state index in [0.717, 1.165) is 9.52 Å². The van der Waals surface area contributed by atoms with E-state index in [1.807, 2.05) is 0 Å². The Morgan fingerprint density at radius 3 is 1.29 bits per heavy atom. The third kappa shape index (κ3) is 9.07. The maximum absolute atomic E-state index is 2.65. The molecule has 189 valence electrons. The average molecular weight is 525 g/mol. The Bertz CT molecular complexity index is 904. The fourth-order valence-corrected chi connectivity index (χ4v) is 11.5. The lowest BCUT2D eigenvalue weighted by Crippen LogP contribution is -2.42. The Kier molecular flexibility index (Phi) is 9.68. The van der Waals surface area contributed by atoms with E-state index in [4.69, 9.17) is 0 Å². The Hall–Kier alpha value is -0.692. The van der Waals surface area contributed by atoms with Crippen LogP contribution < -0.4 is 10.4 Å². The van der Waals surface area contributed by atoms with Gasteiger partial charge in [0.25, 0.3) is 0 Å². The van der Waals surface area contributed by atoms with Crippen LogP contribution in [0.4, 0.5) is 0 Å². The maximum Gasteiger partial charge on any atom is 0.0487 e. The first-order valence-electron chi connectivity index (χ1n) is 13.4. The molecule has 0 aliphatic heterocycles. The molecule has 0 fully saturated rings. The Morgan fingerprint density at radius 2 is 0.971 bits per heavy atom. The average Bonchev–Trinajstić information content (AvgIpc) is 2.60. The van der Waals surface area contributed by atoms with Crippen LogP contribution in [0.25, 0.3) is 0 Å². The Morgan fingerprint density at radius 1 is 0.588 bits per heavy atom. The minimum Gasteiger partial charge on any atom is -0.395 e. The molecule has 34 heavy (non-hydrogen) atoms. The number of hydrogen-bond donors (Lipinski definition) is 0. The van der Waals surface area contributed by atoms with Crippen molar-refractivity contribution in [3.8, 4) is 0 Å². The van der Waals surface area contributed by atoms with Crippen LogP contribution in [0, 0.1) is 0 Å². The van der Waals surface area contributed by atoms with E-state index in [0.29, 0.717) is 11.8 Å². The minimum absolute atomic E-state index is 0.563. The van der Waals surface area contributed by atoms with E-state index in [1.54, 1.807) is 38.2 Å². The standard InChI is InChI=1S/C30H52Si4/c1-22(2)27-15-14-16-28(23(3)4)30(27)31-29-25(20-33(8,9)10)17-24(19-32(5,6)7)18-26(29)21-34(11,12)13/h14-18,22-23H,19-21H2,1-13H3/q-1. The first kappa shape index (κ1) is 29.5. The van der Waals surface area contributed by atoms with Gasteiger partial charge in [-0.25, -0.2) is 10.4 Å². The fourth-order valence-electron chi connectivity index (χ4n) is 4.96. The van der Waals surface area contributed by atoms with Crippen LogP contribution in [0.3, 0.4) is 0 Å². The monoisotopic (exact) mass is 524 g/mol. The van der Waals surface area contributed by atoms with E-state index >= 15 is 0 Å². The summed E-state index contributed by atoms with van der Waals surface area (Å²) in [7, 11) is -2.91. The third-order valence-electron chi connectivity index (χ3n) is 6.16. The summed E-state index contributed by atoms with van der Waals surface area (Å²) in [5, 5.41) is 3.35. The zero-order chi connectivity index (χ0) is 26.1. The largest absolute Gasteiger partial charge is 0.395 e. The van der Waals surface area contributed by atoms with Gasteiger partial charge in [-0.1, -0.05) is 145 Å². The highest BCUT2D eigenvalue weighted by molar-refractivity contribution is 6.78. The van der Waals surface area contributed by atoms with Crippen LogP contribution in [0.15, 0.2) is 30.3 Å². The van der Waals surface area contributed by atoms with Gasteiger partial charge in [0.1, 0.15) is 0 Å². The van der Waals surface area contributed by atoms with Gasteiger partial charge in [-0.3, -0.25) is 0 Å². The predicted molar refractivity (Wildman–Crippen MR) is 167 cm³/mol. The molecule has 1 radical (unpaired) electrons. The SMILES string of the molecule is CC(C)c1cccc(C(C)C)c1[Si-]c1c(C[Si](C)(C)C)cc(C[Si](C)(C)C)cc1C[Si](C)(C)C.